The maximum Gasteiger partial charge on any atom is 0.148 e. The Morgan fingerprint density at radius 1 is 1.67 bits per heavy atom. The summed E-state index contributed by atoms with van der Waals surface area (Å²) in [6, 6.07) is 1.62. The molecule has 3 N–H and O–H groups in total. The predicted octanol–water partition coefficient (Wildman–Crippen LogP) is 1.86. The molecule has 15 heavy (non-hydrogen) atoms. The van der Waals surface area contributed by atoms with Crippen molar-refractivity contribution in [3.05, 3.63) is 28.1 Å². The summed E-state index contributed by atoms with van der Waals surface area (Å²) in [5.74, 6) is 0.112. The first-order valence-electron chi connectivity index (χ1n) is 4.30. The van der Waals surface area contributed by atoms with Crippen molar-refractivity contribution in [2.45, 2.75) is 6.92 Å². The van der Waals surface area contributed by atoms with E-state index in [1.54, 1.807) is 19.3 Å². The highest BCUT2D eigenvalue weighted by Crippen LogP contribution is 2.26. The molecule has 0 atom stereocenters. The van der Waals surface area contributed by atoms with Crippen molar-refractivity contribution in [3.63, 3.8) is 0 Å². The van der Waals surface area contributed by atoms with Crippen LogP contribution in [0.4, 0.5) is 0 Å². The summed E-state index contributed by atoms with van der Waals surface area (Å²) in [5, 5.41) is 9.42. The van der Waals surface area contributed by atoms with Crippen molar-refractivity contribution < 1.29 is 5.11 Å². The third-order valence-corrected chi connectivity index (χ3v) is 2.45. The number of nitrogens with zero attached hydrogens (tertiary/aromatic N) is 2. The molecule has 0 aliphatic heterocycles. The number of hydrogen-bond donors (Lipinski definition) is 2. The lowest BCUT2D eigenvalue weighted by atomic mass is 10.1. The third kappa shape index (κ3) is 2.56. The highest BCUT2D eigenvalue weighted by atomic mass is 79.9. The van der Waals surface area contributed by atoms with Crippen molar-refractivity contribution in [2.24, 2.45) is 10.7 Å². The summed E-state index contributed by atoms with van der Waals surface area (Å²) < 4.78 is 0.395. The summed E-state index contributed by atoms with van der Waals surface area (Å²) >= 11 is 3.16. The number of aromatic nitrogens is 1. The fourth-order valence-corrected chi connectivity index (χ4v) is 1.48. The molecule has 0 aliphatic rings. The molecular formula is C10H12BrN3O. The molecule has 0 spiro atoms. The minimum atomic E-state index is 0.112. The van der Waals surface area contributed by atoms with Gasteiger partial charge in [-0.3, -0.25) is 4.99 Å². The van der Waals surface area contributed by atoms with Gasteiger partial charge in [0.15, 0.2) is 0 Å². The highest BCUT2D eigenvalue weighted by molar-refractivity contribution is 9.10. The Bertz CT molecular complexity index is 427. The number of aromatic hydroxyl groups is 1. The molecule has 5 heteroatoms. The SMILES string of the molecule is CN=C/C(=C\N)c1nc(Br)c(O)cc1C. The van der Waals surface area contributed by atoms with Crippen LogP contribution >= 0.6 is 15.9 Å². The minimum absolute atomic E-state index is 0.112. The Morgan fingerprint density at radius 2 is 2.33 bits per heavy atom. The molecule has 0 unspecified atom stereocenters. The van der Waals surface area contributed by atoms with Crippen molar-refractivity contribution >= 4 is 27.7 Å². The van der Waals surface area contributed by atoms with Crippen molar-refractivity contribution in [2.75, 3.05) is 7.05 Å². The second-order valence-corrected chi connectivity index (χ2v) is 3.72. The molecule has 0 amide bonds. The van der Waals surface area contributed by atoms with Crippen molar-refractivity contribution in [1.82, 2.24) is 4.98 Å². The molecule has 0 saturated carbocycles. The number of aryl methyl sites for hydroxylation is 1. The smallest absolute Gasteiger partial charge is 0.148 e. The zero-order valence-electron chi connectivity index (χ0n) is 8.53. The van der Waals surface area contributed by atoms with E-state index in [4.69, 9.17) is 5.73 Å². The standard InChI is InChI=1S/C10H12BrN3O/c1-6-3-8(15)10(11)14-9(6)7(4-12)5-13-2/h3-5,15H,12H2,1-2H3/b7-4+,13-5?. The van der Waals surface area contributed by atoms with Gasteiger partial charge in [0.2, 0.25) is 0 Å². The van der Waals surface area contributed by atoms with Gasteiger partial charge in [-0.15, -0.1) is 0 Å². The number of pyridine rings is 1. The monoisotopic (exact) mass is 269 g/mol. The van der Waals surface area contributed by atoms with Gasteiger partial charge in [0.05, 0.1) is 5.69 Å². The Hall–Kier alpha value is -1.36. The predicted molar refractivity (Wildman–Crippen MR) is 64.9 cm³/mol. The van der Waals surface area contributed by atoms with Crippen LogP contribution in [0, 0.1) is 6.92 Å². The van der Waals surface area contributed by atoms with Crippen LogP contribution in [0.15, 0.2) is 21.9 Å². The molecule has 0 aromatic carbocycles. The largest absolute Gasteiger partial charge is 0.505 e. The molecule has 0 fully saturated rings. The molecule has 80 valence electrons. The highest BCUT2D eigenvalue weighted by Gasteiger charge is 2.09. The Balaban J connectivity index is 3.31. The average Bonchev–Trinajstić information content (AvgIpc) is 2.20. The lowest BCUT2D eigenvalue weighted by Crippen LogP contribution is -1.98. The molecule has 1 heterocycles. The summed E-state index contributed by atoms with van der Waals surface area (Å²) in [5.41, 5.74) is 7.74. The van der Waals surface area contributed by atoms with Gasteiger partial charge in [-0.1, -0.05) is 0 Å². The zero-order chi connectivity index (χ0) is 11.4. The first kappa shape index (κ1) is 11.7. The van der Waals surface area contributed by atoms with Crippen LogP contribution in [-0.4, -0.2) is 23.4 Å². The summed E-state index contributed by atoms with van der Waals surface area (Å²) in [7, 11) is 1.66. The summed E-state index contributed by atoms with van der Waals surface area (Å²) in [6.07, 6.45) is 3.06. The van der Waals surface area contributed by atoms with Crippen LogP contribution in [0.2, 0.25) is 0 Å². The average molecular weight is 270 g/mol. The molecule has 1 rings (SSSR count). The zero-order valence-corrected chi connectivity index (χ0v) is 10.1. The Kier molecular flexibility index (Phi) is 3.85. The number of aliphatic imine (C=N–C) groups is 1. The van der Waals surface area contributed by atoms with Crippen LogP contribution in [0.3, 0.4) is 0 Å². The van der Waals surface area contributed by atoms with E-state index in [0.717, 1.165) is 11.1 Å². The number of nitrogens with two attached hydrogens (primary N) is 1. The number of allylic oxidation sites excluding steroid dienone is 1. The topological polar surface area (TPSA) is 71.5 Å². The molecule has 1 aromatic rings. The second-order valence-electron chi connectivity index (χ2n) is 2.97. The van der Waals surface area contributed by atoms with E-state index >= 15 is 0 Å². The van der Waals surface area contributed by atoms with E-state index in [0.29, 0.717) is 10.3 Å². The summed E-state index contributed by atoms with van der Waals surface area (Å²) in [6.45, 7) is 1.85. The molecule has 0 radical (unpaired) electrons. The summed E-state index contributed by atoms with van der Waals surface area (Å²) in [4.78, 5) is 8.07. The van der Waals surface area contributed by atoms with Crippen LogP contribution in [-0.2, 0) is 0 Å². The van der Waals surface area contributed by atoms with E-state index in [2.05, 4.69) is 25.9 Å². The molecule has 0 aliphatic carbocycles. The molecule has 4 nitrogen and oxygen atoms in total. The van der Waals surface area contributed by atoms with Crippen LogP contribution in [0.1, 0.15) is 11.3 Å². The quantitative estimate of drug-likeness (QED) is 0.636. The Morgan fingerprint density at radius 3 is 2.87 bits per heavy atom. The van der Waals surface area contributed by atoms with Gasteiger partial charge in [0, 0.05) is 25.0 Å². The number of halogens is 1. The normalized spacial score (nSPS) is 12.3. The van der Waals surface area contributed by atoms with Gasteiger partial charge in [-0.2, -0.15) is 0 Å². The van der Waals surface area contributed by atoms with Crippen LogP contribution < -0.4 is 5.73 Å². The lowest BCUT2D eigenvalue weighted by Gasteiger charge is -2.06. The van der Waals surface area contributed by atoms with E-state index in [1.807, 2.05) is 6.92 Å². The van der Waals surface area contributed by atoms with Gasteiger partial charge in [-0.05, 0) is 34.5 Å². The van der Waals surface area contributed by atoms with E-state index < -0.39 is 0 Å². The molecule has 1 aromatic heterocycles. The van der Waals surface area contributed by atoms with Gasteiger partial charge in [0.25, 0.3) is 0 Å². The fraction of sp³-hybridized carbons (Fsp3) is 0.200. The van der Waals surface area contributed by atoms with Crippen molar-refractivity contribution in [1.29, 1.82) is 0 Å². The van der Waals surface area contributed by atoms with E-state index in [9.17, 15) is 5.11 Å². The molecular weight excluding hydrogens is 258 g/mol. The maximum absolute atomic E-state index is 9.42. The molecule has 0 bridgehead atoms. The van der Waals surface area contributed by atoms with Gasteiger partial charge in [-0.25, -0.2) is 4.98 Å². The van der Waals surface area contributed by atoms with Gasteiger partial charge in [0.1, 0.15) is 10.4 Å². The lowest BCUT2D eigenvalue weighted by molar-refractivity contribution is 0.468. The number of hydrogen-bond acceptors (Lipinski definition) is 4. The first-order valence-corrected chi connectivity index (χ1v) is 5.10. The van der Waals surface area contributed by atoms with Crippen LogP contribution in [0.25, 0.3) is 5.57 Å². The molecule has 0 saturated heterocycles. The second kappa shape index (κ2) is 4.93. The van der Waals surface area contributed by atoms with E-state index in [1.165, 1.54) is 6.20 Å². The minimum Gasteiger partial charge on any atom is -0.505 e. The maximum atomic E-state index is 9.42. The van der Waals surface area contributed by atoms with Crippen LogP contribution in [0.5, 0.6) is 5.75 Å². The third-order valence-electron chi connectivity index (χ3n) is 1.87. The fourth-order valence-electron chi connectivity index (χ4n) is 1.19. The van der Waals surface area contributed by atoms with Gasteiger partial charge < -0.3 is 10.8 Å². The number of rotatable bonds is 2. The van der Waals surface area contributed by atoms with E-state index in [-0.39, 0.29) is 5.75 Å². The van der Waals surface area contributed by atoms with Crippen molar-refractivity contribution in [3.8, 4) is 5.75 Å². The Labute approximate surface area is 96.7 Å². The van der Waals surface area contributed by atoms with Gasteiger partial charge >= 0.3 is 0 Å². The first-order chi connectivity index (χ1) is 7.10.